The van der Waals surface area contributed by atoms with Gasteiger partial charge in [-0.25, -0.2) is 4.98 Å². The van der Waals surface area contributed by atoms with Crippen LogP contribution in [-0.4, -0.2) is 47.0 Å². The van der Waals surface area contributed by atoms with Gasteiger partial charge in [-0.1, -0.05) is 12.1 Å². The highest BCUT2D eigenvalue weighted by molar-refractivity contribution is 6.06. The van der Waals surface area contributed by atoms with Crippen molar-refractivity contribution in [3.63, 3.8) is 0 Å². The molecule has 0 aliphatic carbocycles. The first kappa shape index (κ1) is 16.3. The SMILES string of the molecule is O=C(Nc1ccccc1N1CCNCC1)c1ccnc(-c2ncc[nH]2)c1. The van der Waals surface area contributed by atoms with Crippen LogP contribution in [0.15, 0.2) is 55.0 Å². The van der Waals surface area contributed by atoms with Crippen molar-refractivity contribution >= 4 is 17.3 Å². The first-order valence-corrected chi connectivity index (χ1v) is 8.63. The second kappa shape index (κ2) is 7.37. The van der Waals surface area contributed by atoms with Crippen LogP contribution < -0.4 is 15.5 Å². The highest BCUT2D eigenvalue weighted by Gasteiger charge is 2.16. The summed E-state index contributed by atoms with van der Waals surface area (Å²) in [7, 11) is 0. The number of rotatable bonds is 4. The summed E-state index contributed by atoms with van der Waals surface area (Å²) in [4.78, 5) is 26.5. The third-order valence-electron chi connectivity index (χ3n) is 4.37. The van der Waals surface area contributed by atoms with E-state index in [2.05, 4.69) is 30.5 Å². The van der Waals surface area contributed by atoms with Gasteiger partial charge in [0, 0.05) is 50.3 Å². The molecule has 0 radical (unpaired) electrons. The monoisotopic (exact) mass is 348 g/mol. The molecule has 3 aromatic rings. The molecule has 0 saturated carbocycles. The van der Waals surface area contributed by atoms with Gasteiger partial charge in [-0.15, -0.1) is 0 Å². The fourth-order valence-corrected chi connectivity index (χ4v) is 3.06. The molecule has 7 nitrogen and oxygen atoms in total. The topological polar surface area (TPSA) is 85.9 Å². The van der Waals surface area contributed by atoms with Gasteiger partial charge >= 0.3 is 0 Å². The van der Waals surface area contributed by atoms with E-state index in [1.807, 2.05) is 24.3 Å². The van der Waals surface area contributed by atoms with E-state index < -0.39 is 0 Å². The maximum Gasteiger partial charge on any atom is 0.255 e. The number of pyridine rings is 1. The molecule has 0 spiro atoms. The van der Waals surface area contributed by atoms with Crippen LogP contribution in [0.5, 0.6) is 0 Å². The van der Waals surface area contributed by atoms with E-state index in [-0.39, 0.29) is 5.91 Å². The van der Waals surface area contributed by atoms with Crippen molar-refractivity contribution in [3.05, 3.63) is 60.6 Å². The van der Waals surface area contributed by atoms with Gasteiger partial charge in [0.2, 0.25) is 0 Å². The van der Waals surface area contributed by atoms with Crippen LogP contribution in [-0.2, 0) is 0 Å². The summed E-state index contributed by atoms with van der Waals surface area (Å²) >= 11 is 0. The van der Waals surface area contributed by atoms with Crippen molar-refractivity contribution in [3.8, 4) is 11.5 Å². The van der Waals surface area contributed by atoms with Crippen LogP contribution in [0.25, 0.3) is 11.5 Å². The molecular formula is C19H20N6O. The van der Waals surface area contributed by atoms with E-state index in [0.29, 0.717) is 17.1 Å². The number of benzene rings is 1. The van der Waals surface area contributed by atoms with E-state index in [9.17, 15) is 4.79 Å². The number of hydrogen-bond donors (Lipinski definition) is 3. The maximum absolute atomic E-state index is 12.8. The number of H-pyrrole nitrogens is 1. The van der Waals surface area contributed by atoms with Crippen molar-refractivity contribution < 1.29 is 4.79 Å². The van der Waals surface area contributed by atoms with Gasteiger partial charge in [0.05, 0.1) is 11.4 Å². The van der Waals surface area contributed by atoms with Gasteiger partial charge < -0.3 is 20.5 Å². The fraction of sp³-hybridized carbons (Fsp3) is 0.211. The first-order chi connectivity index (χ1) is 12.8. The summed E-state index contributed by atoms with van der Waals surface area (Å²) in [5, 5.41) is 6.38. The van der Waals surface area contributed by atoms with Gasteiger partial charge in [0.25, 0.3) is 5.91 Å². The van der Waals surface area contributed by atoms with Crippen LogP contribution in [0.4, 0.5) is 11.4 Å². The molecular weight excluding hydrogens is 328 g/mol. The first-order valence-electron chi connectivity index (χ1n) is 8.63. The van der Waals surface area contributed by atoms with E-state index in [1.54, 1.807) is 30.7 Å². The third kappa shape index (κ3) is 3.43. The van der Waals surface area contributed by atoms with Crippen LogP contribution >= 0.6 is 0 Å². The summed E-state index contributed by atoms with van der Waals surface area (Å²) in [6.45, 7) is 3.73. The molecule has 1 aromatic carbocycles. The molecule has 1 amide bonds. The number of imidazole rings is 1. The number of anilines is 2. The molecule has 4 rings (SSSR count). The minimum absolute atomic E-state index is 0.164. The van der Waals surface area contributed by atoms with Crippen molar-refractivity contribution in [2.75, 3.05) is 36.4 Å². The molecule has 7 heteroatoms. The van der Waals surface area contributed by atoms with Crippen molar-refractivity contribution in [1.82, 2.24) is 20.3 Å². The number of aromatic amines is 1. The van der Waals surface area contributed by atoms with E-state index in [0.717, 1.165) is 37.6 Å². The summed E-state index contributed by atoms with van der Waals surface area (Å²) in [6, 6.07) is 11.3. The van der Waals surface area contributed by atoms with Gasteiger partial charge in [-0.3, -0.25) is 9.78 Å². The number of aromatic nitrogens is 3. The molecule has 0 atom stereocenters. The van der Waals surface area contributed by atoms with E-state index >= 15 is 0 Å². The Morgan fingerprint density at radius 1 is 1.08 bits per heavy atom. The highest BCUT2D eigenvalue weighted by Crippen LogP contribution is 2.26. The van der Waals surface area contributed by atoms with E-state index in [4.69, 9.17) is 0 Å². The maximum atomic E-state index is 12.8. The zero-order valence-electron chi connectivity index (χ0n) is 14.3. The molecule has 0 bridgehead atoms. The highest BCUT2D eigenvalue weighted by atomic mass is 16.1. The Hall–Kier alpha value is -3.19. The van der Waals surface area contributed by atoms with Crippen LogP contribution in [0.2, 0.25) is 0 Å². The number of nitrogens with one attached hydrogen (secondary N) is 3. The summed E-state index contributed by atoms with van der Waals surface area (Å²) in [6.07, 6.45) is 5.01. The van der Waals surface area contributed by atoms with Crippen molar-refractivity contribution in [2.24, 2.45) is 0 Å². The van der Waals surface area contributed by atoms with Gasteiger partial charge in [-0.2, -0.15) is 0 Å². The van der Waals surface area contributed by atoms with Crippen LogP contribution in [0, 0.1) is 0 Å². The largest absolute Gasteiger partial charge is 0.367 e. The Balaban J connectivity index is 1.56. The minimum Gasteiger partial charge on any atom is -0.367 e. The molecule has 0 unspecified atom stereocenters. The van der Waals surface area contributed by atoms with Gasteiger partial charge in [0.15, 0.2) is 5.82 Å². The Kier molecular flexibility index (Phi) is 4.61. The van der Waals surface area contributed by atoms with Crippen LogP contribution in [0.3, 0.4) is 0 Å². The molecule has 2 aromatic heterocycles. The molecule has 1 aliphatic rings. The Morgan fingerprint density at radius 2 is 1.92 bits per heavy atom. The molecule has 1 aliphatic heterocycles. The number of carbonyl (C=O) groups is 1. The summed E-state index contributed by atoms with van der Waals surface area (Å²) in [5.41, 5.74) is 3.04. The third-order valence-corrected chi connectivity index (χ3v) is 4.37. The quantitative estimate of drug-likeness (QED) is 0.672. The minimum atomic E-state index is -0.164. The summed E-state index contributed by atoms with van der Waals surface area (Å²) in [5.74, 6) is 0.476. The molecule has 3 N–H and O–H groups in total. The lowest BCUT2D eigenvalue weighted by atomic mass is 10.2. The lowest BCUT2D eigenvalue weighted by Gasteiger charge is -2.31. The van der Waals surface area contributed by atoms with Crippen LogP contribution in [0.1, 0.15) is 10.4 Å². The molecule has 26 heavy (non-hydrogen) atoms. The lowest BCUT2D eigenvalue weighted by Crippen LogP contribution is -2.43. The number of piperazine rings is 1. The Morgan fingerprint density at radius 3 is 2.73 bits per heavy atom. The van der Waals surface area contributed by atoms with E-state index in [1.165, 1.54) is 0 Å². The standard InChI is InChI=1S/C19H20N6O/c26-19(14-5-6-21-16(13-14)18-22-7-8-23-18)24-15-3-1-2-4-17(15)25-11-9-20-10-12-25/h1-8,13,20H,9-12H2,(H,22,23)(H,24,26). The van der Waals surface area contributed by atoms with Crippen molar-refractivity contribution in [2.45, 2.75) is 0 Å². The molecule has 3 heterocycles. The summed E-state index contributed by atoms with van der Waals surface area (Å²) < 4.78 is 0. The number of hydrogen-bond acceptors (Lipinski definition) is 5. The number of nitrogens with zero attached hydrogens (tertiary/aromatic N) is 3. The normalized spacial score (nSPS) is 14.2. The number of amides is 1. The van der Waals surface area contributed by atoms with Gasteiger partial charge in [0.1, 0.15) is 5.69 Å². The number of para-hydroxylation sites is 2. The average molecular weight is 348 g/mol. The zero-order valence-corrected chi connectivity index (χ0v) is 14.3. The molecule has 1 fully saturated rings. The van der Waals surface area contributed by atoms with Crippen molar-refractivity contribution in [1.29, 1.82) is 0 Å². The average Bonchev–Trinajstić information content (AvgIpc) is 3.24. The predicted octanol–water partition coefficient (Wildman–Crippen LogP) is 2.13. The number of carbonyl (C=O) groups excluding carboxylic acids is 1. The molecule has 1 saturated heterocycles. The van der Waals surface area contributed by atoms with Gasteiger partial charge in [-0.05, 0) is 24.3 Å². The smallest absolute Gasteiger partial charge is 0.255 e. The predicted molar refractivity (Wildman–Crippen MR) is 101 cm³/mol. The Bertz CT molecular complexity index is 887. The second-order valence-corrected chi connectivity index (χ2v) is 6.08. The zero-order chi connectivity index (χ0) is 17.8. The fourth-order valence-electron chi connectivity index (χ4n) is 3.06. The molecule has 132 valence electrons. The second-order valence-electron chi connectivity index (χ2n) is 6.08. The lowest BCUT2D eigenvalue weighted by molar-refractivity contribution is 0.102. The Labute approximate surface area is 151 Å².